The largest absolute Gasteiger partial charge is 0.311 e. The summed E-state index contributed by atoms with van der Waals surface area (Å²) >= 11 is 2.03. The Bertz CT molecular complexity index is 3420. The minimum atomic E-state index is 0.00160. The Morgan fingerprint density at radius 3 is 1.57 bits per heavy atom. The van der Waals surface area contributed by atoms with Crippen LogP contribution in [0.15, 0.2) is 84.9 Å². The molecule has 0 saturated heterocycles. The average Bonchev–Trinajstić information content (AvgIpc) is 3.67. The quantitative estimate of drug-likeness (QED) is 0.159. The van der Waals surface area contributed by atoms with Gasteiger partial charge in [0.2, 0.25) is 0 Å². The minimum Gasteiger partial charge on any atom is -0.311 e. The summed E-state index contributed by atoms with van der Waals surface area (Å²) in [6.07, 6.45) is 7.15. The first-order valence-corrected chi connectivity index (χ1v) is 27.7. The van der Waals surface area contributed by atoms with Gasteiger partial charge in [0, 0.05) is 54.3 Å². The summed E-state index contributed by atoms with van der Waals surface area (Å²) in [6, 6.07) is 35.5. The number of fused-ring (bicyclic) bond motifs is 11. The molecule has 2 nitrogen and oxygen atoms in total. The zero-order chi connectivity index (χ0) is 49.8. The highest BCUT2D eigenvalue weighted by Gasteiger charge is 2.49. The highest BCUT2D eigenvalue weighted by atomic mass is 32.1. The van der Waals surface area contributed by atoms with Gasteiger partial charge in [0.05, 0.1) is 0 Å². The van der Waals surface area contributed by atoms with Crippen molar-refractivity contribution in [3.8, 4) is 0 Å². The van der Waals surface area contributed by atoms with Crippen molar-refractivity contribution in [1.82, 2.24) is 0 Å². The highest BCUT2D eigenvalue weighted by molar-refractivity contribution is 7.28. The van der Waals surface area contributed by atoms with E-state index < -0.39 is 0 Å². The van der Waals surface area contributed by atoms with Gasteiger partial charge in [0.1, 0.15) is 0 Å². The summed E-state index contributed by atoms with van der Waals surface area (Å²) in [6.45, 7) is 41.8. The SMILES string of the molecule is Cc1cc2c3c(c1)N(c1cc4c(cc1C)C(C)(C)CCC4(C)C)c1ccc4c(sc5cccc(C(C)(C)C)c54)c1B3c1cc3c(cc1N2c1ccc2c(c1)C(C)(C)CCC2(C)C)C(C)(C)CCC3(C)C. The molecule has 0 atom stereocenters. The van der Waals surface area contributed by atoms with Crippen LogP contribution in [0.25, 0.3) is 20.2 Å². The van der Waals surface area contributed by atoms with Crippen molar-refractivity contribution < 1.29 is 0 Å². The van der Waals surface area contributed by atoms with E-state index in [0.717, 1.165) is 0 Å². The summed E-state index contributed by atoms with van der Waals surface area (Å²) < 4.78 is 2.82. The Balaban J connectivity index is 1.24. The molecule has 3 aliphatic carbocycles. The van der Waals surface area contributed by atoms with E-state index in [9.17, 15) is 0 Å². The molecule has 0 spiro atoms. The van der Waals surface area contributed by atoms with Gasteiger partial charge in [-0.3, -0.25) is 0 Å². The van der Waals surface area contributed by atoms with E-state index in [1.165, 1.54) is 159 Å². The standard InChI is InChI=1S/C66H77BN2S/c1-38-31-53-57-54(32-38)69(51-36-47-44(33-39(51)2)62(8,9)27-29-65(47,14)15)50-24-22-41-56-43(60(3,4)5)19-18-20-55(56)70-59(41)58(50)67(57)49-35-46-48(66(16,17)30-28-64(46,12)13)37-52(49)68(53)40-21-23-42-45(34-40)63(10,11)26-25-61(42,6)7/h18-24,31-37H,25-30H2,1-17H3. The van der Waals surface area contributed by atoms with E-state index >= 15 is 0 Å². The second-order valence-electron chi connectivity index (χ2n) is 27.9. The van der Waals surface area contributed by atoms with E-state index in [1.807, 2.05) is 11.3 Å². The number of aryl methyl sites for hydroxylation is 2. The molecule has 0 saturated carbocycles. The first kappa shape index (κ1) is 46.3. The van der Waals surface area contributed by atoms with Crippen molar-refractivity contribution in [2.24, 2.45) is 0 Å². The molecular weight excluding hydrogens is 864 g/mol. The van der Waals surface area contributed by atoms with Crippen LogP contribution in [0.5, 0.6) is 0 Å². The van der Waals surface area contributed by atoms with Gasteiger partial charge in [-0.25, -0.2) is 0 Å². The van der Waals surface area contributed by atoms with E-state index in [0.29, 0.717) is 0 Å². The third-order valence-electron chi connectivity index (χ3n) is 19.1. The number of hydrogen-bond acceptors (Lipinski definition) is 3. The fourth-order valence-electron chi connectivity index (χ4n) is 14.4. The van der Waals surface area contributed by atoms with Crippen LogP contribution in [0.2, 0.25) is 0 Å². The molecule has 0 amide bonds. The van der Waals surface area contributed by atoms with Crippen LogP contribution in [-0.2, 0) is 37.9 Å². The van der Waals surface area contributed by atoms with Crippen LogP contribution in [0.3, 0.4) is 0 Å². The monoisotopic (exact) mass is 941 g/mol. The molecule has 0 unspecified atom stereocenters. The second kappa shape index (κ2) is 14.5. The lowest BCUT2D eigenvalue weighted by Gasteiger charge is -2.48. The molecule has 12 rings (SSSR count). The highest BCUT2D eigenvalue weighted by Crippen LogP contribution is 2.55. The number of rotatable bonds is 2. The Hall–Kier alpha value is -4.80. The molecule has 0 bridgehead atoms. The van der Waals surface area contributed by atoms with E-state index in [2.05, 4.69) is 212 Å². The van der Waals surface area contributed by atoms with Crippen molar-refractivity contribution in [2.45, 2.75) is 194 Å². The molecule has 0 N–H and O–H groups in total. The Labute approximate surface area is 425 Å². The maximum atomic E-state index is 2.74. The van der Waals surface area contributed by atoms with Crippen LogP contribution >= 0.6 is 11.3 Å². The Morgan fingerprint density at radius 1 is 0.471 bits per heavy atom. The summed E-state index contributed by atoms with van der Waals surface area (Å²) in [5.41, 5.74) is 26.0. The van der Waals surface area contributed by atoms with Crippen molar-refractivity contribution in [1.29, 1.82) is 0 Å². The molecule has 5 aliphatic rings. The summed E-state index contributed by atoms with van der Waals surface area (Å²) in [4.78, 5) is 5.48. The molecule has 0 radical (unpaired) electrons. The predicted octanol–water partition coefficient (Wildman–Crippen LogP) is 17.1. The molecule has 70 heavy (non-hydrogen) atoms. The fourth-order valence-corrected chi connectivity index (χ4v) is 15.7. The van der Waals surface area contributed by atoms with Crippen molar-refractivity contribution >= 4 is 88.7 Å². The topological polar surface area (TPSA) is 6.48 Å². The van der Waals surface area contributed by atoms with Crippen LogP contribution in [0.1, 0.15) is 192 Å². The minimum absolute atomic E-state index is 0.00160. The molecular formula is C66H77BN2S. The van der Waals surface area contributed by atoms with E-state index in [-0.39, 0.29) is 44.6 Å². The number of nitrogens with zero attached hydrogens (tertiary/aromatic N) is 2. The molecule has 0 fully saturated rings. The summed E-state index contributed by atoms with van der Waals surface area (Å²) in [5, 5.41) is 2.83. The van der Waals surface area contributed by atoms with E-state index in [1.54, 1.807) is 0 Å². The van der Waals surface area contributed by atoms with Gasteiger partial charge in [-0.15, -0.1) is 11.3 Å². The predicted molar refractivity (Wildman–Crippen MR) is 307 cm³/mol. The zero-order valence-electron chi connectivity index (χ0n) is 45.7. The van der Waals surface area contributed by atoms with Gasteiger partial charge in [-0.05, 0) is 205 Å². The van der Waals surface area contributed by atoms with Crippen LogP contribution in [0.4, 0.5) is 34.1 Å². The van der Waals surface area contributed by atoms with Gasteiger partial charge in [-0.1, -0.05) is 140 Å². The third kappa shape index (κ3) is 6.48. The number of thiophene rings is 1. The lowest BCUT2D eigenvalue weighted by molar-refractivity contribution is 0.332. The maximum absolute atomic E-state index is 2.74. The summed E-state index contributed by atoms with van der Waals surface area (Å²) in [5.74, 6) is 0. The van der Waals surface area contributed by atoms with Crippen LogP contribution in [-0.4, -0.2) is 6.71 Å². The van der Waals surface area contributed by atoms with Crippen LogP contribution < -0.4 is 26.2 Å². The fraction of sp³-hybridized carbons (Fsp3) is 0.455. The Morgan fingerprint density at radius 2 is 0.986 bits per heavy atom. The molecule has 2 aliphatic heterocycles. The third-order valence-corrected chi connectivity index (χ3v) is 20.3. The smallest absolute Gasteiger partial charge is 0.254 e. The number of anilines is 6. The normalized spacial score (nSPS) is 20.6. The Kier molecular flexibility index (Phi) is 9.56. The lowest BCUT2D eigenvalue weighted by Crippen LogP contribution is -2.62. The van der Waals surface area contributed by atoms with Gasteiger partial charge >= 0.3 is 0 Å². The average molecular weight is 941 g/mol. The molecule has 360 valence electrons. The lowest BCUT2D eigenvalue weighted by atomic mass is 9.33. The number of benzene rings is 6. The van der Waals surface area contributed by atoms with Gasteiger partial charge in [0.25, 0.3) is 6.71 Å². The van der Waals surface area contributed by atoms with Gasteiger partial charge in [0.15, 0.2) is 0 Å². The van der Waals surface area contributed by atoms with Crippen molar-refractivity contribution in [3.05, 3.63) is 135 Å². The molecule has 3 heterocycles. The molecule has 4 heteroatoms. The maximum Gasteiger partial charge on any atom is 0.254 e. The van der Waals surface area contributed by atoms with Crippen molar-refractivity contribution in [3.63, 3.8) is 0 Å². The number of hydrogen-bond donors (Lipinski definition) is 0. The zero-order valence-corrected chi connectivity index (χ0v) is 46.5. The molecule has 6 aromatic carbocycles. The first-order chi connectivity index (χ1) is 32.6. The van der Waals surface area contributed by atoms with Crippen LogP contribution in [0, 0.1) is 13.8 Å². The van der Waals surface area contributed by atoms with Crippen molar-refractivity contribution in [2.75, 3.05) is 9.80 Å². The second-order valence-corrected chi connectivity index (χ2v) is 29.0. The van der Waals surface area contributed by atoms with Gasteiger partial charge < -0.3 is 9.80 Å². The molecule has 1 aromatic heterocycles. The molecule has 7 aromatic rings. The first-order valence-electron chi connectivity index (χ1n) is 26.8. The summed E-state index contributed by atoms with van der Waals surface area (Å²) in [7, 11) is 0. The van der Waals surface area contributed by atoms with Gasteiger partial charge in [-0.2, -0.15) is 0 Å². The van der Waals surface area contributed by atoms with E-state index in [4.69, 9.17) is 0 Å².